The summed E-state index contributed by atoms with van der Waals surface area (Å²) in [6, 6.07) is 13.3. The second kappa shape index (κ2) is 8.17. The van der Waals surface area contributed by atoms with Crippen molar-refractivity contribution in [3.05, 3.63) is 59.6 Å². The second-order valence-corrected chi connectivity index (χ2v) is 9.85. The summed E-state index contributed by atoms with van der Waals surface area (Å²) in [4.78, 5) is 13.5. The maximum absolute atomic E-state index is 12.7. The van der Waals surface area contributed by atoms with Gasteiger partial charge in [0.25, 0.3) is 5.91 Å². The SMILES string of the molecule is CN(C)S(=O)(=O)c1cccc(C(=O)Nc2ccccc2Sc2nncs2)c1. The van der Waals surface area contributed by atoms with Crippen LogP contribution in [-0.2, 0) is 10.0 Å². The van der Waals surface area contributed by atoms with Crippen LogP contribution in [0.1, 0.15) is 10.4 Å². The molecule has 2 aromatic carbocycles. The zero-order chi connectivity index (χ0) is 19.4. The van der Waals surface area contributed by atoms with Crippen LogP contribution in [0.3, 0.4) is 0 Å². The maximum Gasteiger partial charge on any atom is 0.255 e. The Bertz CT molecular complexity index is 1050. The van der Waals surface area contributed by atoms with Crippen LogP contribution in [0.2, 0.25) is 0 Å². The van der Waals surface area contributed by atoms with Crippen molar-refractivity contribution in [1.29, 1.82) is 0 Å². The van der Waals surface area contributed by atoms with Gasteiger partial charge in [-0.2, -0.15) is 0 Å². The van der Waals surface area contributed by atoms with Crippen molar-refractivity contribution in [2.75, 3.05) is 19.4 Å². The molecule has 1 N–H and O–H groups in total. The Kier molecular flexibility index (Phi) is 5.90. The molecular formula is C17H16N4O3S3. The molecule has 0 atom stereocenters. The van der Waals surface area contributed by atoms with Crippen LogP contribution in [0.25, 0.3) is 0 Å². The molecule has 1 amide bonds. The predicted molar refractivity (Wildman–Crippen MR) is 106 cm³/mol. The molecule has 3 rings (SSSR count). The predicted octanol–water partition coefficient (Wildman–Crippen LogP) is 3.19. The van der Waals surface area contributed by atoms with E-state index in [2.05, 4.69) is 15.5 Å². The van der Waals surface area contributed by atoms with Gasteiger partial charge in [-0.25, -0.2) is 12.7 Å². The van der Waals surface area contributed by atoms with Gasteiger partial charge in [-0.15, -0.1) is 10.2 Å². The van der Waals surface area contributed by atoms with E-state index in [-0.39, 0.29) is 10.5 Å². The first kappa shape index (κ1) is 19.5. The number of anilines is 1. The molecule has 0 radical (unpaired) electrons. The van der Waals surface area contributed by atoms with E-state index < -0.39 is 15.9 Å². The van der Waals surface area contributed by atoms with Crippen molar-refractivity contribution in [1.82, 2.24) is 14.5 Å². The number of carbonyl (C=O) groups excluding carboxylic acids is 1. The monoisotopic (exact) mass is 420 g/mol. The number of sulfonamides is 1. The molecule has 0 aliphatic carbocycles. The molecule has 140 valence electrons. The molecule has 3 aromatic rings. The van der Waals surface area contributed by atoms with Crippen molar-refractivity contribution >= 4 is 44.7 Å². The van der Waals surface area contributed by atoms with E-state index >= 15 is 0 Å². The maximum atomic E-state index is 12.7. The fraction of sp³-hybridized carbons (Fsp3) is 0.118. The molecule has 1 aromatic heterocycles. The van der Waals surface area contributed by atoms with E-state index in [0.29, 0.717) is 5.69 Å². The largest absolute Gasteiger partial charge is 0.321 e. The highest BCUT2D eigenvalue weighted by molar-refractivity contribution is 8.01. The van der Waals surface area contributed by atoms with Crippen LogP contribution in [-0.4, -0.2) is 42.9 Å². The Balaban J connectivity index is 1.85. The van der Waals surface area contributed by atoms with Crippen molar-refractivity contribution in [3.63, 3.8) is 0 Å². The van der Waals surface area contributed by atoms with Crippen molar-refractivity contribution < 1.29 is 13.2 Å². The molecule has 0 saturated carbocycles. The van der Waals surface area contributed by atoms with Gasteiger partial charge in [-0.05, 0) is 30.3 Å². The molecule has 0 fully saturated rings. The van der Waals surface area contributed by atoms with Crippen LogP contribution in [0, 0.1) is 0 Å². The van der Waals surface area contributed by atoms with Crippen LogP contribution in [0.5, 0.6) is 0 Å². The van der Waals surface area contributed by atoms with Gasteiger partial charge in [0.05, 0.1) is 10.6 Å². The van der Waals surface area contributed by atoms with Crippen LogP contribution >= 0.6 is 23.1 Å². The summed E-state index contributed by atoms with van der Waals surface area (Å²) < 4.78 is 26.4. The molecule has 1 heterocycles. The van der Waals surface area contributed by atoms with Gasteiger partial charge in [0.15, 0.2) is 4.34 Å². The van der Waals surface area contributed by atoms with E-state index in [9.17, 15) is 13.2 Å². The number of rotatable bonds is 6. The van der Waals surface area contributed by atoms with E-state index in [1.54, 1.807) is 23.7 Å². The Morgan fingerprint density at radius 1 is 1.15 bits per heavy atom. The first-order valence-electron chi connectivity index (χ1n) is 7.75. The van der Waals surface area contributed by atoms with Crippen molar-refractivity contribution in [2.24, 2.45) is 0 Å². The molecule has 0 aliphatic heterocycles. The summed E-state index contributed by atoms with van der Waals surface area (Å²) in [5, 5.41) is 10.6. The van der Waals surface area contributed by atoms with Crippen molar-refractivity contribution in [2.45, 2.75) is 14.1 Å². The Morgan fingerprint density at radius 3 is 2.63 bits per heavy atom. The first-order valence-corrected chi connectivity index (χ1v) is 10.9. The summed E-state index contributed by atoms with van der Waals surface area (Å²) in [6.45, 7) is 0. The van der Waals surface area contributed by atoms with Crippen LogP contribution in [0.15, 0.2) is 68.2 Å². The van der Waals surface area contributed by atoms with Gasteiger partial charge >= 0.3 is 0 Å². The first-order chi connectivity index (χ1) is 12.9. The summed E-state index contributed by atoms with van der Waals surface area (Å²) in [5.74, 6) is -0.392. The van der Waals surface area contributed by atoms with E-state index in [1.165, 1.54) is 49.3 Å². The smallest absolute Gasteiger partial charge is 0.255 e. The molecule has 7 nitrogen and oxygen atoms in total. The number of carbonyl (C=O) groups is 1. The minimum atomic E-state index is -3.61. The highest BCUT2D eigenvalue weighted by Gasteiger charge is 2.19. The average Bonchev–Trinajstić information content (AvgIpc) is 3.16. The van der Waals surface area contributed by atoms with Gasteiger partial charge in [0.2, 0.25) is 10.0 Å². The zero-order valence-corrected chi connectivity index (χ0v) is 16.9. The second-order valence-electron chi connectivity index (χ2n) is 5.57. The van der Waals surface area contributed by atoms with E-state index in [4.69, 9.17) is 0 Å². The zero-order valence-electron chi connectivity index (χ0n) is 14.5. The third-order valence-corrected chi connectivity index (χ3v) is 7.21. The molecule has 0 bridgehead atoms. The topological polar surface area (TPSA) is 92.3 Å². The fourth-order valence-corrected chi connectivity index (χ4v) is 4.63. The van der Waals surface area contributed by atoms with Gasteiger partial charge in [0.1, 0.15) is 5.51 Å². The average molecular weight is 421 g/mol. The summed E-state index contributed by atoms with van der Waals surface area (Å²) >= 11 is 2.80. The van der Waals surface area contributed by atoms with Crippen molar-refractivity contribution in [3.8, 4) is 0 Å². The van der Waals surface area contributed by atoms with E-state index in [1.807, 2.05) is 18.2 Å². The lowest BCUT2D eigenvalue weighted by Gasteiger charge is -2.13. The number of aromatic nitrogens is 2. The molecule has 10 heteroatoms. The molecule has 0 saturated heterocycles. The lowest BCUT2D eigenvalue weighted by atomic mass is 10.2. The number of benzene rings is 2. The quantitative estimate of drug-likeness (QED) is 0.658. The number of para-hydroxylation sites is 1. The third kappa shape index (κ3) is 4.53. The lowest BCUT2D eigenvalue weighted by molar-refractivity contribution is 0.102. The fourth-order valence-electron chi connectivity index (χ4n) is 2.16. The molecule has 27 heavy (non-hydrogen) atoms. The highest BCUT2D eigenvalue weighted by atomic mass is 32.2. The van der Waals surface area contributed by atoms with Gasteiger partial charge in [-0.3, -0.25) is 4.79 Å². The standard InChI is InChI=1S/C17H16N4O3S3/c1-21(2)27(23,24)13-7-5-6-12(10-13)16(22)19-14-8-3-4-9-15(14)26-17-20-18-11-25-17/h3-11H,1-2H3,(H,19,22). The lowest BCUT2D eigenvalue weighted by Crippen LogP contribution is -2.22. The van der Waals surface area contributed by atoms with Crippen LogP contribution < -0.4 is 5.32 Å². The van der Waals surface area contributed by atoms with Crippen LogP contribution in [0.4, 0.5) is 5.69 Å². The summed E-state index contributed by atoms with van der Waals surface area (Å²) in [6.07, 6.45) is 0. The number of amides is 1. The highest BCUT2D eigenvalue weighted by Crippen LogP contribution is 2.34. The number of hydrogen-bond acceptors (Lipinski definition) is 7. The van der Waals surface area contributed by atoms with Gasteiger partial charge < -0.3 is 5.32 Å². The van der Waals surface area contributed by atoms with Gasteiger partial charge in [-0.1, -0.05) is 41.3 Å². The minimum Gasteiger partial charge on any atom is -0.321 e. The molecule has 0 spiro atoms. The van der Waals surface area contributed by atoms with Gasteiger partial charge in [0, 0.05) is 24.6 Å². The molecular weight excluding hydrogens is 404 g/mol. The Hall–Kier alpha value is -2.27. The minimum absolute atomic E-state index is 0.0664. The summed E-state index contributed by atoms with van der Waals surface area (Å²) in [5.41, 5.74) is 2.51. The molecule has 0 aliphatic rings. The number of nitrogens with one attached hydrogen (secondary N) is 1. The normalized spacial score (nSPS) is 11.5. The third-order valence-electron chi connectivity index (χ3n) is 3.55. The summed E-state index contributed by atoms with van der Waals surface area (Å²) in [7, 11) is -0.718. The Morgan fingerprint density at radius 2 is 1.93 bits per heavy atom. The van der Waals surface area contributed by atoms with E-state index in [0.717, 1.165) is 13.5 Å². The number of nitrogens with zero attached hydrogens (tertiary/aromatic N) is 3. The number of hydrogen-bond donors (Lipinski definition) is 1. The molecule has 0 unspecified atom stereocenters. The Labute approximate surface area is 165 Å².